The van der Waals surface area contributed by atoms with Gasteiger partial charge in [-0.15, -0.1) is 0 Å². The van der Waals surface area contributed by atoms with E-state index in [1.165, 1.54) is 12.8 Å². The SMILES string of the molecule is C1=CC2CCC1NO2. The van der Waals surface area contributed by atoms with Crippen molar-refractivity contribution in [3.63, 3.8) is 0 Å². The standard InChI is InChI=1S/C6H9NO/c1-3-6-4-2-5(1)7-8-6/h1,3,5-7H,2,4H2. The predicted octanol–water partition coefficient (Wildman–Crippen LogP) is 0.608. The Balaban J connectivity index is 2.20. The van der Waals surface area contributed by atoms with Crippen molar-refractivity contribution < 1.29 is 4.84 Å². The highest BCUT2D eigenvalue weighted by Crippen LogP contribution is 2.18. The second-order valence-corrected chi connectivity index (χ2v) is 2.34. The predicted molar refractivity (Wildman–Crippen MR) is 30.2 cm³/mol. The van der Waals surface area contributed by atoms with Crippen LogP contribution in [-0.4, -0.2) is 12.1 Å². The van der Waals surface area contributed by atoms with E-state index in [-0.39, 0.29) is 0 Å². The zero-order valence-electron chi connectivity index (χ0n) is 4.63. The molecule has 0 aromatic carbocycles. The third kappa shape index (κ3) is 0.572. The molecule has 1 saturated heterocycles. The molecule has 1 N–H and O–H groups in total. The Morgan fingerprint density at radius 1 is 1.38 bits per heavy atom. The molecule has 0 amide bonds. The van der Waals surface area contributed by atoms with Gasteiger partial charge in [0.1, 0.15) is 0 Å². The molecule has 2 bridgehead atoms. The van der Waals surface area contributed by atoms with Gasteiger partial charge in [-0.25, -0.2) is 0 Å². The van der Waals surface area contributed by atoms with Gasteiger partial charge in [-0.3, -0.25) is 4.84 Å². The van der Waals surface area contributed by atoms with Crippen LogP contribution in [0.2, 0.25) is 0 Å². The first-order valence-electron chi connectivity index (χ1n) is 3.04. The minimum Gasteiger partial charge on any atom is -0.294 e. The molecule has 0 saturated carbocycles. The van der Waals surface area contributed by atoms with E-state index >= 15 is 0 Å². The van der Waals surface area contributed by atoms with Gasteiger partial charge >= 0.3 is 0 Å². The lowest BCUT2D eigenvalue weighted by Crippen LogP contribution is -2.41. The molecule has 2 aliphatic heterocycles. The first-order chi connectivity index (χ1) is 3.95. The van der Waals surface area contributed by atoms with Crippen molar-refractivity contribution in [2.24, 2.45) is 0 Å². The van der Waals surface area contributed by atoms with Gasteiger partial charge in [0, 0.05) is 0 Å². The van der Waals surface area contributed by atoms with E-state index in [1.54, 1.807) is 0 Å². The van der Waals surface area contributed by atoms with Crippen LogP contribution in [0.15, 0.2) is 12.2 Å². The fourth-order valence-electron chi connectivity index (χ4n) is 1.17. The van der Waals surface area contributed by atoms with Crippen LogP contribution in [0.3, 0.4) is 0 Å². The number of hydroxylamine groups is 1. The summed E-state index contributed by atoms with van der Waals surface area (Å²) in [5, 5.41) is 0. The minimum atomic E-state index is 0.361. The van der Waals surface area contributed by atoms with E-state index in [0.29, 0.717) is 12.1 Å². The Hall–Kier alpha value is -0.340. The van der Waals surface area contributed by atoms with E-state index in [2.05, 4.69) is 17.6 Å². The summed E-state index contributed by atoms with van der Waals surface area (Å²) < 4.78 is 0. The van der Waals surface area contributed by atoms with E-state index < -0.39 is 0 Å². The van der Waals surface area contributed by atoms with Crippen molar-refractivity contribution in [1.82, 2.24) is 5.48 Å². The van der Waals surface area contributed by atoms with Crippen molar-refractivity contribution in [2.45, 2.75) is 25.0 Å². The van der Waals surface area contributed by atoms with Crippen molar-refractivity contribution in [1.29, 1.82) is 0 Å². The van der Waals surface area contributed by atoms with Crippen molar-refractivity contribution in [3.8, 4) is 0 Å². The molecule has 2 atom stereocenters. The van der Waals surface area contributed by atoms with Crippen LogP contribution in [0.4, 0.5) is 0 Å². The van der Waals surface area contributed by atoms with Gasteiger partial charge in [-0.05, 0) is 12.8 Å². The summed E-state index contributed by atoms with van der Waals surface area (Å²) in [6.07, 6.45) is 7.09. The van der Waals surface area contributed by atoms with Crippen LogP contribution in [0.5, 0.6) is 0 Å². The molecule has 2 heteroatoms. The van der Waals surface area contributed by atoms with Crippen LogP contribution in [0, 0.1) is 0 Å². The van der Waals surface area contributed by atoms with Gasteiger partial charge in [-0.2, -0.15) is 5.48 Å². The Kier molecular flexibility index (Phi) is 0.889. The highest BCUT2D eigenvalue weighted by atomic mass is 16.7. The zero-order chi connectivity index (χ0) is 5.40. The van der Waals surface area contributed by atoms with Gasteiger partial charge in [0.05, 0.1) is 12.1 Å². The smallest absolute Gasteiger partial charge is 0.0972 e. The quantitative estimate of drug-likeness (QED) is 0.462. The number of fused-ring (bicyclic) bond motifs is 2. The van der Waals surface area contributed by atoms with E-state index in [1.807, 2.05) is 0 Å². The van der Waals surface area contributed by atoms with Crippen molar-refractivity contribution in [2.75, 3.05) is 0 Å². The number of hydrogen-bond acceptors (Lipinski definition) is 2. The van der Waals surface area contributed by atoms with E-state index in [4.69, 9.17) is 4.84 Å². The summed E-state index contributed by atoms with van der Waals surface area (Å²) in [5.74, 6) is 0. The fourth-order valence-corrected chi connectivity index (χ4v) is 1.17. The molecule has 3 rings (SSSR count). The summed E-state index contributed by atoms with van der Waals surface area (Å²) >= 11 is 0. The van der Waals surface area contributed by atoms with Gasteiger partial charge in [-0.1, -0.05) is 12.2 Å². The molecule has 1 aliphatic carbocycles. The maximum atomic E-state index is 5.14. The van der Waals surface area contributed by atoms with Crippen LogP contribution in [-0.2, 0) is 4.84 Å². The average Bonchev–Trinajstić information content (AvgIpc) is 1.92. The maximum absolute atomic E-state index is 5.14. The molecule has 2 nitrogen and oxygen atoms in total. The van der Waals surface area contributed by atoms with Crippen molar-refractivity contribution in [3.05, 3.63) is 12.2 Å². The molecular formula is C6H9NO. The van der Waals surface area contributed by atoms with Gasteiger partial charge in [0.2, 0.25) is 0 Å². The average molecular weight is 111 g/mol. The summed E-state index contributed by atoms with van der Waals surface area (Å²) in [7, 11) is 0. The highest BCUT2D eigenvalue weighted by Gasteiger charge is 2.22. The molecule has 0 spiro atoms. The normalized spacial score (nSPS) is 43.0. The highest BCUT2D eigenvalue weighted by molar-refractivity contribution is 5.04. The van der Waals surface area contributed by atoms with Crippen LogP contribution >= 0.6 is 0 Å². The number of nitrogens with one attached hydrogen (secondary N) is 1. The summed E-state index contributed by atoms with van der Waals surface area (Å²) in [6.45, 7) is 0. The minimum absolute atomic E-state index is 0.361. The van der Waals surface area contributed by atoms with Crippen molar-refractivity contribution >= 4 is 0 Å². The topological polar surface area (TPSA) is 21.3 Å². The van der Waals surface area contributed by atoms with E-state index in [9.17, 15) is 0 Å². The van der Waals surface area contributed by atoms with E-state index in [0.717, 1.165) is 0 Å². The second-order valence-electron chi connectivity index (χ2n) is 2.34. The van der Waals surface area contributed by atoms with Crippen LogP contribution in [0.1, 0.15) is 12.8 Å². The maximum Gasteiger partial charge on any atom is 0.0972 e. The lowest BCUT2D eigenvalue weighted by Gasteiger charge is -2.30. The summed E-state index contributed by atoms with van der Waals surface area (Å²) in [5.41, 5.74) is 2.93. The Morgan fingerprint density at radius 2 is 2.38 bits per heavy atom. The Morgan fingerprint density at radius 3 is 2.50 bits per heavy atom. The van der Waals surface area contributed by atoms with Gasteiger partial charge in [0.25, 0.3) is 0 Å². The molecular weight excluding hydrogens is 102 g/mol. The molecule has 3 aliphatic rings. The lowest BCUT2D eigenvalue weighted by molar-refractivity contribution is -0.0574. The molecule has 2 unspecified atom stereocenters. The molecule has 8 heavy (non-hydrogen) atoms. The van der Waals surface area contributed by atoms with Gasteiger partial charge < -0.3 is 0 Å². The van der Waals surface area contributed by atoms with Crippen LogP contribution < -0.4 is 5.48 Å². The summed E-state index contributed by atoms with van der Waals surface area (Å²) in [6, 6.07) is 0.500. The van der Waals surface area contributed by atoms with Gasteiger partial charge in [0.15, 0.2) is 0 Å². The monoisotopic (exact) mass is 111 g/mol. The zero-order valence-corrected chi connectivity index (χ0v) is 4.63. The lowest BCUT2D eigenvalue weighted by atomic mass is 10.00. The Labute approximate surface area is 48.5 Å². The molecule has 0 aromatic rings. The Bertz CT molecular complexity index is 99.7. The molecule has 1 fully saturated rings. The summed E-state index contributed by atoms with van der Waals surface area (Å²) in [4.78, 5) is 5.14. The first-order valence-corrected chi connectivity index (χ1v) is 3.04. The first kappa shape index (κ1) is 4.53. The molecule has 44 valence electrons. The third-order valence-corrected chi connectivity index (χ3v) is 1.69. The number of hydrogen-bond donors (Lipinski definition) is 1. The number of rotatable bonds is 0. The largest absolute Gasteiger partial charge is 0.294 e. The van der Waals surface area contributed by atoms with Crippen LogP contribution in [0.25, 0.3) is 0 Å². The molecule has 0 aromatic heterocycles. The molecule has 0 radical (unpaired) electrons. The fraction of sp³-hybridized carbons (Fsp3) is 0.667. The third-order valence-electron chi connectivity index (χ3n) is 1.69. The second kappa shape index (κ2) is 1.57. The molecule has 2 heterocycles.